The molecule has 8 heteroatoms. The van der Waals surface area contributed by atoms with Crippen molar-refractivity contribution in [3.8, 4) is 5.75 Å². The number of carbonyl (C=O) groups is 1. The standard InChI is InChI=1S/C26H37N3O4S/c1-4-28(5-2)25(21-10-8-7-9-11-21)20-27-26(30)22-16-18-29(19-17-22)34(31,32)24-14-12-23(13-15-24)33-6-3/h7-15,22,25H,4-6,16-20H2,1-3H3,(H,27,30). The zero-order chi connectivity index (χ0) is 24.6. The Bertz CT molecular complexity index is 1000. The molecule has 34 heavy (non-hydrogen) atoms. The molecule has 1 amide bonds. The van der Waals surface area contributed by atoms with Crippen molar-refractivity contribution in [2.24, 2.45) is 5.92 Å². The first-order valence-electron chi connectivity index (χ1n) is 12.2. The van der Waals surface area contributed by atoms with E-state index in [-0.39, 0.29) is 22.8 Å². The number of sulfonamides is 1. The molecule has 1 unspecified atom stereocenters. The van der Waals surface area contributed by atoms with E-state index in [2.05, 4.69) is 36.2 Å². The van der Waals surface area contributed by atoms with Crippen molar-refractivity contribution in [3.63, 3.8) is 0 Å². The van der Waals surface area contributed by atoms with Crippen LogP contribution in [-0.2, 0) is 14.8 Å². The molecule has 0 aromatic heterocycles. The number of nitrogens with one attached hydrogen (secondary N) is 1. The highest BCUT2D eigenvalue weighted by atomic mass is 32.2. The van der Waals surface area contributed by atoms with Gasteiger partial charge < -0.3 is 10.1 Å². The van der Waals surface area contributed by atoms with Crippen LogP contribution < -0.4 is 10.1 Å². The van der Waals surface area contributed by atoms with Gasteiger partial charge in [-0.05, 0) is 62.7 Å². The fraction of sp³-hybridized carbons (Fsp3) is 0.500. The molecule has 2 aromatic rings. The lowest BCUT2D eigenvalue weighted by atomic mass is 9.97. The molecule has 1 saturated heterocycles. The highest BCUT2D eigenvalue weighted by Crippen LogP contribution is 2.26. The van der Waals surface area contributed by atoms with Crippen molar-refractivity contribution >= 4 is 15.9 Å². The molecule has 3 rings (SSSR count). The van der Waals surface area contributed by atoms with Crippen LogP contribution in [0.2, 0.25) is 0 Å². The van der Waals surface area contributed by atoms with Crippen molar-refractivity contribution in [2.75, 3.05) is 39.3 Å². The van der Waals surface area contributed by atoms with Crippen molar-refractivity contribution < 1.29 is 17.9 Å². The highest BCUT2D eigenvalue weighted by molar-refractivity contribution is 7.89. The van der Waals surface area contributed by atoms with Crippen LogP contribution in [0.25, 0.3) is 0 Å². The minimum Gasteiger partial charge on any atom is -0.494 e. The summed E-state index contributed by atoms with van der Waals surface area (Å²) < 4.78 is 32.9. The maximum absolute atomic E-state index is 13.0. The van der Waals surface area contributed by atoms with Crippen molar-refractivity contribution in [1.29, 1.82) is 0 Å². The molecule has 1 aliphatic rings. The largest absolute Gasteiger partial charge is 0.494 e. The Morgan fingerprint density at radius 2 is 1.65 bits per heavy atom. The summed E-state index contributed by atoms with van der Waals surface area (Å²) >= 11 is 0. The molecule has 7 nitrogen and oxygen atoms in total. The van der Waals surface area contributed by atoms with E-state index in [0.29, 0.717) is 44.8 Å². The average molecular weight is 488 g/mol. The number of hydrogen-bond acceptors (Lipinski definition) is 5. The molecule has 0 spiro atoms. The van der Waals surface area contributed by atoms with Gasteiger partial charge in [0.05, 0.1) is 17.5 Å². The van der Waals surface area contributed by atoms with Gasteiger partial charge in [0.1, 0.15) is 5.75 Å². The van der Waals surface area contributed by atoms with Crippen LogP contribution in [0.1, 0.15) is 45.2 Å². The molecule has 1 aliphatic heterocycles. The minimum absolute atomic E-state index is 0.00574. The second kappa shape index (κ2) is 12.3. The fourth-order valence-corrected chi connectivity index (χ4v) is 5.99. The fourth-order valence-electron chi connectivity index (χ4n) is 4.52. The van der Waals surface area contributed by atoms with E-state index in [1.54, 1.807) is 24.3 Å². The van der Waals surface area contributed by atoms with E-state index in [4.69, 9.17) is 4.74 Å². The molecule has 1 fully saturated rings. The van der Waals surface area contributed by atoms with Gasteiger partial charge in [0, 0.05) is 25.6 Å². The Balaban J connectivity index is 1.57. The summed E-state index contributed by atoms with van der Waals surface area (Å²) in [6.45, 7) is 9.68. The van der Waals surface area contributed by atoms with E-state index < -0.39 is 10.0 Å². The Morgan fingerprint density at radius 1 is 1.03 bits per heavy atom. The molecule has 186 valence electrons. The molecule has 0 saturated carbocycles. The van der Waals surface area contributed by atoms with Crippen LogP contribution in [0.4, 0.5) is 0 Å². The number of hydrogen-bond donors (Lipinski definition) is 1. The molecule has 0 radical (unpaired) electrons. The number of benzene rings is 2. The number of likely N-dealkylation sites (N-methyl/N-ethyl adjacent to an activating group) is 1. The average Bonchev–Trinajstić information content (AvgIpc) is 2.87. The van der Waals surface area contributed by atoms with Crippen molar-refractivity contribution in [2.45, 2.75) is 44.6 Å². The van der Waals surface area contributed by atoms with E-state index in [0.717, 1.165) is 13.1 Å². The van der Waals surface area contributed by atoms with E-state index in [9.17, 15) is 13.2 Å². The zero-order valence-electron chi connectivity index (χ0n) is 20.4. The van der Waals surface area contributed by atoms with E-state index in [1.165, 1.54) is 9.87 Å². The van der Waals surface area contributed by atoms with Crippen LogP contribution in [0.15, 0.2) is 59.5 Å². The molecule has 1 N–H and O–H groups in total. The van der Waals surface area contributed by atoms with Gasteiger partial charge in [-0.3, -0.25) is 9.69 Å². The molecule has 1 atom stereocenters. The summed E-state index contributed by atoms with van der Waals surface area (Å²) in [7, 11) is -3.58. The van der Waals surface area contributed by atoms with Crippen LogP contribution in [0.3, 0.4) is 0 Å². The van der Waals surface area contributed by atoms with Gasteiger partial charge in [-0.15, -0.1) is 0 Å². The molecular weight excluding hydrogens is 450 g/mol. The Hall–Kier alpha value is -2.42. The molecule has 0 bridgehead atoms. The first kappa shape index (κ1) is 26.2. The SMILES string of the molecule is CCOc1ccc(S(=O)(=O)N2CCC(C(=O)NCC(c3ccccc3)N(CC)CC)CC2)cc1. The summed E-state index contributed by atoms with van der Waals surface area (Å²) in [5, 5.41) is 3.14. The summed E-state index contributed by atoms with van der Waals surface area (Å²) in [4.78, 5) is 15.5. The second-order valence-corrected chi connectivity index (χ2v) is 10.4. The first-order chi connectivity index (χ1) is 16.4. The van der Waals surface area contributed by atoms with Crippen molar-refractivity contribution in [1.82, 2.24) is 14.5 Å². The van der Waals surface area contributed by atoms with Gasteiger partial charge in [-0.1, -0.05) is 44.2 Å². The molecule has 0 aliphatic carbocycles. The third-order valence-electron chi connectivity index (χ3n) is 6.50. The van der Waals surface area contributed by atoms with Gasteiger partial charge in [0.25, 0.3) is 0 Å². The monoisotopic (exact) mass is 487 g/mol. The van der Waals surface area contributed by atoms with Crippen LogP contribution >= 0.6 is 0 Å². The summed E-state index contributed by atoms with van der Waals surface area (Å²) in [5.41, 5.74) is 1.18. The number of ether oxygens (including phenoxy) is 1. The van der Waals surface area contributed by atoms with Gasteiger partial charge in [-0.2, -0.15) is 4.31 Å². The number of nitrogens with zero attached hydrogens (tertiary/aromatic N) is 2. The smallest absolute Gasteiger partial charge is 0.243 e. The molecule has 1 heterocycles. The predicted octanol–water partition coefficient (Wildman–Crippen LogP) is 3.69. The summed E-state index contributed by atoms with van der Waals surface area (Å²) in [6.07, 6.45) is 1.03. The predicted molar refractivity (Wildman–Crippen MR) is 134 cm³/mol. The van der Waals surface area contributed by atoms with Gasteiger partial charge in [-0.25, -0.2) is 8.42 Å². The van der Waals surface area contributed by atoms with E-state index >= 15 is 0 Å². The Kier molecular flexibility index (Phi) is 9.50. The number of rotatable bonds is 11. The Labute approximate surface area is 204 Å². The quantitative estimate of drug-likeness (QED) is 0.523. The van der Waals surface area contributed by atoms with Gasteiger partial charge in [0.2, 0.25) is 15.9 Å². The first-order valence-corrected chi connectivity index (χ1v) is 13.6. The third-order valence-corrected chi connectivity index (χ3v) is 8.42. The van der Waals surface area contributed by atoms with Crippen molar-refractivity contribution in [3.05, 3.63) is 60.2 Å². The number of amides is 1. The number of carbonyl (C=O) groups excluding carboxylic acids is 1. The maximum Gasteiger partial charge on any atom is 0.243 e. The summed E-state index contributed by atoms with van der Waals surface area (Å²) in [5.74, 6) is 0.474. The zero-order valence-corrected chi connectivity index (χ0v) is 21.3. The van der Waals surface area contributed by atoms with Crippen LogP contribution in [-0.4, -0.2) is 62.9 Å². The lowest BCUT2D eigenvalue weighted by Gasteiger charge is -2.33. The summed E-state index contributed by atoms with van der Waals surface area (Å²) in [6, 6.07) is 16.9. The minimum atomic E-state index is -3.58. The normalized spacial score (nSPS) is 16.4. The second-order valence-electron chi connectivity index (χ2n) is 8.48. The van der Waals surface area contributed by atoms with Gasteiger partial charge in [0.15, 0.2) is 0 Å². The lowest BCUT2D eigenvalue weighted by molar-refractivity contribution is -0.126. The topological polar surface area (TPSA) is 79.0 Å². The van der Waals surface area contributed by atoms with Gasteiger partial charge >= 0.3 is 0 Å². The third kappa shape index (κ3) is 6.37. The molecular formula is C26H37N3O4S. The molecule has 2 aromatic carbocycles. The maximum atomic E-state index is 13.0. The Morgan fingerprint density at radius 3 is 2.21 bits per heavy atom. The van der Waals surface area contributed by atoms with Crippen LogP contribution in [0, 0.1) is 5.92 Å². The van der Waals surface area contributed by atoms with E-state index in [1.807, 2.05) is 25.1 Å². The van der Waals surface area contributed by atoms with Crippen LogP contribution in [0.5, 0.6) is 5.75 Å². The number of piperidine rings is 1. The lowest BCUT2D eigenvalue weighted by Crippen LogP contribution is -2.45. The highest BCUT2D eigenvalue weighted by Gasteiger charge is 2.32.